The van der Waals surface area contributed by atoms with Gasteiger partial charge in [-0.05, 0) is 31.6 Å². The van der Waals surface area contributed by atoms with Crippen LogP contribution in [0, 0.1) is 11.3 Å². The summed E-state index contributed by atoms with van der Waals surface area (Å²) in [7, 11) is 0. The van der Waals surface area contributed by atoms with Gasteiger partial charge in [-0.1, -0.05) is 27.7 Å². The van der Waals surface area contributed by atoms with Crippen molar-refractivity contribution in [3.05, 3.63) is 0 Å². The Bertz CT molecular complexity index is 307. The van der Waals surface area contributed by atoms with E-state index in [9.17, 15) is 9.59 Å². The van der Waals surface area contributed by atoms with Crippen molar-refractivity contribution in [2.75, 3.05) is 6.54 Å². The first-order chi connectivity index (χ1) is 8.56. The normalized spacial score (nSPS) is 14.8. The van der Waals surface area contributed by atoms with Crippen molar-refractivity contribution < 1.29 is 14.7 Å². The van der Waals surface area contributed by atoms with E-state index in [1.807, 2.05) is 6.92 Å². The van der Waals surface area contributed by atoms with Gasteiger partial charge >= 0.3 is 5.97 Å². The van der Waals surface area contributed by atoms with E-state index in [0.29, 0.717) is 18.9 Å². The number of nitrogens with zero attached hydrogens (tertiary/aromatic N) is 1. The molecule has 2 unspecified atom stereocenters. The number of hydrogen-bond acceptors (Lipinski definition) is 2. The summed E-state index contributed by atoms with van der Waals surface area (Å²) in [5.74, 6) is -0.479. The molecule has 19 heavy (non-hydrogen) atoms. The summed E-state index contributed by atoms with van der Waals surface area (Å²) in [6.07, 6.45) is 1.49. The molecular weight excluding hydrogens is 242 g/mol. The van der Waals surface area contributed by atoms with Gasteiger partial charge in [-0.2, -0.15) is 0 Å². The predicted octanol–water partition coefficient (Wildman–Crippen LogP) is 3.16. The second kappa shape index (κ2) is 7.51. The quantitative estimate of drug-likeness (QED) is 0.773. The molecule has 0 fully saturated rings. The van der Waals surface area contributed by atoms with Crippen LogP contribution in [0.3, 0.4) is 0 Å². The van der Waals surface area contributed by atoms with Crippen molar-refractivity contribution >= 4 is 11.9 Å². The average molecular weight is 271 g/mol. The molecule has 2 atom stereocenters. The third-order valence-corrected chi connectivity index (χ3v) is 3.15. The molecule has 0 spiro atoms. The standard InChI is InChI=1S/C15H29NO3/c1-7-16(12(3)9-14(18)19)13(17)8-11(2)10-15(4,5)6/h11-12H,7-10H2,1-6H3,(H,18,19). The summed E-state index contributed by atoms with van der Waals surface area (Å²) < 4.78 is 0. The highest BCUT2D eigenvalue weighted by molar-refractivity contribution is 5.77. The fraction of sp³-hybridized carbons (Fsp3) is 0.867. The third-order valence-electron chi connectivity index (χ3n) is 3.15. The minimum atomic E-state index is -0.860. The molecule has 0 saturated carbocycles. The molecule has 0 aliphatic rings. The van der Waals surface area contributed by atoms with Gasteiger partial charge in [0.05, 0.1) is 6.42 Å². The molecule has 0 bridgehead atoms. The van der Waals surface area contributed by atoms with Gasteiger partial charge in [0.15, 0.2) is 0 Å². The summed E-state index contributed by atoms with van der Waals surface area (Å²) in [4.78, 5) is 24.6. The van der Waals surface area contributed by atoms with Crippen LogP contribution in [-0.4, -0.2) is 34.5 Å². The lowest BCUT2D eigenvalue weighted by atomic mass is 9.84. The van der Waals surface area contributed by atoms with E-state index < -0.39 is 5.97 Å². The first kappa shape index (κ1) is 17.9. The molecule has 0 rings (SSSR count). The van der Waals surface area contributed by atoms with Crippen LogP contribution in [0.2, 0.25) is 0 Å². The third kappa shape index (κ3) is 7.85. The van der Waals surface area contributed by atoms with Crippen LogP contribution < -0.4 is 0 Å². The van der Waals surface area contributed by atoms with Gasteiger partial charge in [0.1, 0.15) is 0 Å². The lowest BCUT2D eigenvalue weighted by Crippen LogP contribution is -2.40. The molecular formula is C15H29NO3. The molecule has 0 aromatic heterocycles. The molecule has 4 nitrogen and oxygen atoms in total. The molecule has 0 aromatic carbocycles. The molecule has 4 heteroatoms. The Kier molecular flexibility index (Phi) is 7.09. The number of carbonyl (C=O) groups is 2. The van der Waals surface area contributed by atoms with E-state index in [4.69, 9.17) is 5.11 Å². The number of carbonyl (C=O) groups excluding carboxylic acids is 1. The second-order valence-electron chi connectivity index (χ2n) is 6.70. The number of carboxylic acids is 1. The highest BCUT2D eigenvalue weighted by Gasteiger charge is 2.24. The summed E-state index contributed by atoms with van der Waals surface area (Å²) in [6, 6.07) is -0.239. The van der Waals surface area contributed by atoms with Gasteiger partial charge in [0.25, 0.3) is 0 Å². The van der Waals surface area contributed by atoms with E-state index >= 15 is 0 Å². The minimum Gasteiger partial charge on any atom is -0.481 e. The maximum atomic E-state index is 12.2. The minimum absolute atomic E-state index is 0.00717. The molecule has 0 radical (unpaired) electrons. The maximum Gasteiger partial charge on any atom is 0.305 e. The molecule has 1 N–H and O–H groups in total. The van der Waals surface area contributed by atoms with Crippen molar-refractivity contribution in [3.63, 3.8) is 0 Å². The van der Waals surface area contributed by atoms with Crippen molar-refractivity contribution in [2.45, 2.75) is 66.8 Å². The van der Waals surface area contributed by atoms with E-state index in [0.717, 1.165) is 6.42 Å². The van der Waals surface area contributed by atoms with Crippen LogP contribution in [0.4, 0.5) is 0 Å². The SMILES string of the molecule is CCN(C(=O)CC(C)CC(C)(C)C)C(C)CC(=O)O. The highest BCUT2D eigenvalue weighted by atomic mass is 16.4. The van der Waals surface area contributed by atoms with Crippen molar-refractivity contribution in [2.24, 2.45) is 11.3 Å². The zero-order chi connectivity index (χ0) is 15.2. The average Bonchev–Trinajstić information content (AvgIpc) is 2.13. The molecule has 1 amide bonds. The lowest BCUT2D eigenvalue weighted by Gasteiger charge is -2.29. The number of amides is 1. The Morgan fingerprint density at radius 3 is 2.05 bits per heavy atom. The Morgan fingerprint density at radius 2 is 1.68 bits per heavy atom. The largest absolute Gasteiger partial charge is 0.481 e. The van der Waals surface area contributed by atoms with Crippen LogP contribution in [0.25, 0.3) is 0 Å². The first-order valence-electron chi connectivity index (χ1n) is 7.08. The molecule has 0 aliphatic heterocycles. The number of rotatable bonds is 7. The van der Waals surface area contributed by atoms with Gasteiger partial charge < -0.3 is 10.0 Å². The van der Waals surface area contributed by atoms with Gasteiger partial charge in [-0.15, -0.1) is 0 Å². The van der Waals surface area contributed by atoms with E-state index in [2.05, 4.69) is 27.7 Å². The van der Waals surface area contributed by atoms with Gasteiger partial charge in [0, 0.05) is 19.0 Å². The van der Waals surface area contributed by atoms with E-state index in [1.165, 1.54) is 0 Å². The van der Waals surface area contributed by atoms with Gasteiger partial charge in [0.2, 0.25) is 5.91 Å². The molecule has 0 aromatic rings. The van der Waals surface area contributed by atoms with Crippen LogP contribution >= 0.6 is 0 Å². The zero-order valence-electron chi connectivity index (χ0n) is 13.2. The zero-order valence-corrected chi connectivity index (χ0v) is 13.2. The fourth-order valence-electron chi connectivity index (χ4n) is 2.63. The van der Waals surface area contributed by atoms with Crippen molar-refractivity contribution in [3.8, 4) is 0 Å². The number of carboxylic acid groups (broad SMARTS) is 1. The maximum absolute atomic E-state index is 12.2. The summed E-state index contributed by atoms with van der Waals surface area (Å²) in [5.41, 5.74) is 0.212. The highest BCUT2D eigenvalue weighted by Crippen LogP contribution is 2.26. The topological polar surface area (TPSA) is 57.6 Å². The molecule has 0 aliphatic carbocycles. The predicted molar refractivity (Wildman–Crippen MR) is 77.0 cm³/mol. The van der Waals surface area contributed by atoms with Crippen molar-refractivity contribution in [1.82, 2.24) is 4.90 Å². The van der Waals surface area contributed by atoms with E-state index in [-0.39, 0.29) is 23.8 Å². The summed E-state index contributed by atoms with van der Waals surface area (Å²) in [5, 5.41) is 8.81. The fourth-order valence-corrected chi connectivity index (χ4v) is 2.63. The van der Waals surface area contributed by atoms with Crippen LogP contribution in [0.5, 0.6) is 0 Å². The summed E-state index contributed by atoms with van der Waals surface area (Å²) >= 11 is 0. The molecule has 112 valence electrons. The van der Waals surface area contributed by atoms with E-state index in [1.54, 1.807) is 11.8 Å². The Balaban J connectivity index is 4.47. The first-order valence-corrected chi connectivity index (χ1v) is 7.08. The Labute approximate surface area is 117 Å². The van der Waals surface area contributed by atoms with Crippen LogP contribution in [-0.2, 0) is 9.59 Å². The summed E-state index contributed by atoms with van der Waals surface area (Å²) in [6.45, 7) is 12.8. The van der Waals surface area contributed by atoms with Crippen LogP contribution in [0.15, 0.2) is 0 Å². The molecule has 0 saturated heterocycles. The molecule has 0 heterocycles. The van der Waals surface area contributed by atoms with Gasteiger partial charge in [-0.3, -0.25) is 9.59 Å². The van der Waals surface area contributed by atoms with Crippen molar-refractivity contribution in [1.29, 1.82) is 0 Å². The number of hydrogen-bond donors (Lipinski definition) is 1. The number of aliphatic carboxylic acids is 1. The second-order valence-corrected chi connectivity index (χ2v) is 6.70. The smallest absolute Gasteiger partial charge is 0.305 e. The lowest BCUT2D eigenvalue weighted by molar-refractivity contribution is -0.140. The monoisotopic (exact) mass is 271 g/mol. The Morgan fingerprint density at radius 1 is 1.16 bits per heavy atom. The van der Waals surface area contributed by atoms with Gasteiger partial charge in [-0.25, -0.2) is 0 Å². The van der Waals surface area contributed by atoms with Crippen LogP contribution in [0.1, 0.15) is 60.8 Å². The Hall–Kier alpha value is -1.06.